The molecule has 1 saturated carbocycles. The summed E-state index contributed by atoms with van der Waals surface area (Å²) in [4.78, 5) is 22.4. The van der Waals surface area contributed by atoms with Crippen molar-refractivity contribution in [3.8, 4) is 0 Å². The highest BCUT2D eigenvalue weighted by atomic mass is 16.4. The van der Waals surface area contributed by atoms with Gasteiger partial charge in [-0.25, -0.2) is 0 Å². The van der Waals surface area contributed by atoms with Crippen molar-refractivity contribution in [1.29, 1.82) is 0 Å². The zero-order chi connectivity index (χ0) is 20.1. The lowest BCUT2D eigenvalue weighted by Gasteiger charge is -2.16. The number of Topliss-reactive ketones (excluding diaryl/α,β-unsaturated/α-hetero) is 1. The Balaban J connectivity index is 2.40. The van der Waals surface area contributed by atoms with Gasteiger partial charge in [0.2, 0.25) is 0 Å². The van der Waals surface area contributed by atoms with E-state index in [-0.39, 0.29) is 30.5 Å². The molecule has 0 bridgehead atoms. The van der Waals surface area contributed by atoms with Crippen LogP contribution in [0.3, 0.4) is 0 Å². The van der Waals surface area contributed by atoms with Crippen LogP contribution < -0.4 is 0 Å². The molecule has 27 heavy (non-hydrogen) atoms. The Hall–Kier alpha value is -1.98. The van der Waals surface area contributed by atoms with Crippen LogP contribution in [-0.2, 0) is 9.59 Å². The van der Waals surface area contributed by atoms with Crippen LogP contribution in [0.25, 0.3) is 0 Å². The molecule has 0 radical (unpaired) electrons. The van der Waals surface area contributed by atoms with Crippen molar-refractivity contribution in [3.63, 3.8) is 0 Å². The number of aliphatic hydroxyl groups excluding tert-OH is 2. The van der Waals surface area contributed by atoms with Crippen molar-refractivity contribution >= 4 is 11.8 Å². The van der Waals surface area contributed by atoms with E-state index in [2.05, 4.69) is 0 Å². The number of allylic oxidation sites excluding steroid dienone is 5. The molecular weight excluding hydrogens is 344 g/mol. The highest BCUT2D eigenvalue weighted by Gasteiger charge is 2.39. The molecule has 0 amide bonds. The third-order valence-corrected chi connectivity index (χ3v) is 4.59. The Labute approximate surface area is 161 Å². The summed E-state index contributed by atoms with van der Waals surface area (Å²) in [7, 11) is 0. The number of carbonyl (C=O) groups excluding carboxylic acids is 1. The number of carboxylic acids is 1. The van der Waals surface area contributed by atoms with Gasteiger partial charge in [-0.2, -0.15) is 0 Å². The Morgan fingerprint density at radius 2 is 1.93 bits per heavy atom. The van der Waals surface area contributed by atoms with E-state index in [1.165, 1.54) is 0 Å². The van der Waals surface area contributed by atoms with Crippen molar-refractivity contribution in [1.82, 2.24) is 0 Å². The summed E-state index contributed by atoms with van der Waals surface area (Å²) in [6, 6.07) is 0. The zero-order valence-electron chi connectivity index (χ0n) is 16.0. The van der Waals surface area contributed by atoms with E-state index in [9.17, 15) is 19.8 Å². The minimum Gasteiger partial charge on any atom is -0.481 e. The average Bonchev–Trinajstić information content (AvgIpc) is 2.88. The molecule has 150 valence electrons. The van der Waals surface area contributed by atoms with E-state index in [4.69, 9.17) is 5.11 Å². The van der Waals surface area contributed by atoms with Gasteiger partial charge in [0.1, 0.15) is 5.78 Å². The topological polar surface area (TPSA) is 94.8 Å². The predicted molar refractivity (Wildman–Crippen MR) is 106 cm³/mol. The molecule has 1 fully saturated rings. The number of aliphatic hydroxyl groups is 2. The molecule has 0 unspecified atom stereocenters. The summed E-state index contributed by atoms with van der Waals surface area (Å²) in [5.74, 6) is -1.17. The third-order valence-electron chi connectivity index (χ3n) is 4.59. The van der Waals surface area contributed by atoms with Gasteiger partial charge in [-0.1, -0.05) is 55.5 Å². The Kier molecular flexibility index (Phi) is 11.3. The van der Waals surface area contributed by atoms with Gasteiger partial charge in [0.05, 0.1) is 12.2 Å². The molecule has 0 spiro atoms. The van der Waals surface area contributed by atoms with E-state index in [1.807, 2.05) is 43.4 Å². The second-order valence-corrected chi connectivity index (χ2v) is 6.84. The smallest absolute Gasteiger partial charge is 0.303 e. The minimum absolute atomic E-state index is 0.0852. The van der Waals surface area contributed by atoms with Crippen molar-refractivity contribution in [2.75, 3.05) is 0 Å². The molecule has 5 heteroatoms. The first kappa shape index (κ1) is 23.1. The van der Waals surface area contributed by atoms with Crippen LogP contribution in [0, 0.1) is 11.8 Å². The number of hydrogen-bond acceptors (Lipinski definition) is 4. The highest BCUT2D eigenvalue weighted by Crippen LogP contribution is 2.33. The molecule has 0 aromatic carbocycles. The Bertz CT molecular complexity index is 573. The maximum Gasteiger partial charge on any atom is 0.303 e. The molecule has 0 aromatic heterocycles. The lowest BCUT2D eigenvalue weighted by Crippen LogP contribution is -2.18. The molecule has 4 atom stereocenters. The molecule has 0 aromatic rings. The number of rotatable bonds is 12. The van der Waals surface area contributed by atoms with Crippen LogP contribution in [0.2, 0.25) is 0 Å². The standard InChI is InChI=1S/C22H32O5/c1-2-3-8-12-18-19(21(25)16-20(18)24)15-14-17(23)11-9-6-4-5-7-10-13-22(26)27/h3,5-9,14-15,17-19,21,23,25H,2,4,10-13,16H2,1H3,(H,26,27)/b7-5-,8-3-,9-6-,15-14+/t17-,18-,19-,21-/m1/s1. The Morgan fingerprint density at radius 1 is 1.19 bits per heavy atom. The van der Waals surface area contributed by atoms with E-state index >= 15 is 0 Å². The second kappa shape index (κ2) is 13.2. The highest BCUT2D eigenvalue weighted by molar-refractivity contribution is 5.84. The van der Waals surface area contributed by atoms with Crippen LogP contribution >= 0.6 is 0 Å². The number of carboxylic acid groups (broad SMARTS) is 1. The number of aliphatic carboxylic acids is 1. The molecule has 0 saturated heterocycles. The molecule has 0 aliphatic heterocycles. The first-order valence-corrected chi connectivity index (χ1v) is 9.69. The van der Waals surface area contributed by atoms with Gasteiger partial charge in [0.15, 0.2) is 0 Å². The minimum atomic E-state index is -0.803. The summed E-state index contributed by atoms with van der Waals surface area (Å²) >= 11 is 0. The molecule has 1 aliphatic carbocycles. The summed E-state index contributed by atoms with van der Waals surface area (Å²) in [5.41, 5.74) is 0. The molecule has 1 rings (SSSR count). The van der Waals surface area contributed by atoms with Crippen LogP contribution in [0.15, 0.2) is 48.6 Å². The molecular formula is C22H32O5. The normalized spacial score (nSPS) is 24.9. The van der Waals surface area contributed by atoms with Crippen LogP contribution in [-0.4, -0.2) is 39.3 Å². The maximum absolute atomic E-state index is 12.0. The van der Waals surface area contributed by atoms with Gasteiger partial charge in [-0.05, 0) is 32.1 Å². The molecule has 5 nitrogen and oxygen atoms in total. The van der Waals surface area contributed by atoms with Gasteiger partial charge in [-0.3, -0.25) is 9.59 Å². The monoisotopic (exact) mass is 376 g/mol. The fourth-order valence-electron chi connectivity index (χ4n) is 3.10. The number of carbonyl (C=O) groups is 2. The van der Waals surface area contributed by atoms with E-state index < -0.39 is 18.2 Å². The fraction of sp³-hybridized carbons (Fsp3) is 0.545. The van der Waals surface area contributed by atoms with Crippen molar-refractivity contribution in [3.05, 3.63) is 48.6 Å². The first-order chi connectivity index (χ1) is 13.0. The van der Waals surface area contributed by atoms with Gasteiger partial charge in [-0.15, -0.1) is 0 Å². The quantitative estimate of drug-likeness (QED) is 0.453. The van der Waals surface area contributed by atoms with Crippen LogP contribution in [0.5, 0.6) is 0 Å². The maximum atomic E-state index is 12.0. The number of hydrogen-bond donors (Lipinski definition) is 3. The SMILES string of the molecule is CC/C=C\C[C@H]1C(=O)C[C@@H](O)[C@@H]1/C=C/[C@H](O)C/C=C\C/C=C\CCC(=O)O. The average molecular weight is 376 g/mol. The van der Waals surface area contributed by atoms with E-state index in [1.54, 1.807) is 12.2 Å². The van der Waals surface area contributed by atoms with Crippen LogP contribution in [0.4, 0.5) is 0 Å². The molecule has 0 heterocycles. The lowest BCUT2D eigenvalue weighted by atomic mass is 9.90. The fourth-order valence-corrected chi connectivity index (χ4v) is 3.10. The summed E-state index contributed by atoms with van der Waals surface area (Å²) in [6.07, 6.45) is 17.2. The zero-order valence-corrected chi connectivity index (χ0v) is 16.0. The van der Waals surface area contributed by atoms with Gasteiger partial charge < -0.3 is 15.3 Å². The predicted octanol–water partition coefficient (Wildman–Crippen LogP) is 3.58. The Morgan fingerprint density at radius 3 is 2.63 bits per heavy atom. The van der Waals surface area contributed by atoms with Gasteiger partial charge in [0.25, 0.3) is 0 Å². The van der Waals surface area contributed by atoms with E-state index in [0.29, 0.717) is 25.7 Å². The second-order valence-electron chi connectivity index (χ2n) is 6.84. The van der Waals surface area contributed by atoms with Crippen molar-refractivity contribution < 1.29 is 24.9 Å². The van der Waals surface area contributed by atoms with Gasteiger partial charge >= 0.3 is 5.97 Å². The van der Waals surface area contributed by atoms with Crippen molar-refractivity contribution in [2.45, 2.75) is 64.1 Å². The lowest BCUT2D eigenvalue weighted by molar-refractivity contribution is -0.136. The summed E-state index contributed by atoms with van der Waals surface area (Å²) < 4.78 is 0. The summed E-state index contributed by atoms with van der Waals surface area (Å²) in [5, 5.41) is 28.7. The van der Waals surface area contributed by atoms with Gasteiger partial charge in [0, 0.05) is 24.7 Å². The molecule has 1 aliphatic rings. The first-order valence-electron chi connectivity index (χ1n) is 9.69. The largest absolute Gasteiger partial charge is 0.481 e. The third kappa shape index (κ3) is 9.50. The van der Waals surface area contributed by atoms with Crippen molar-refractivity contribution in [2.24, 2.45) is 11.8 Å². The van der Waals surface area contributed by atoms with Crippen LogP contribution in [0.1, 0.15) is 51.9 Å². The van der Waals surface area contributed by atoms with E-state index in [0.717, 1.165) is 6.42 Å². The number of ketones is 1. The molecule has 3 N–H and O–H groups in total. The summed E-state index contributed by atoms with van der Waals surface area (Å²) in [6.45, 7) is 2.04.